The van der Waals surface area contributed by atoms with E-state index in [0.29, 0.717) is 12.5 Å². The van der Waals surface area contributed by atoms with Gasteiger partial charge in [-0.25, -0.2) is 0 Å². The van der Waals surface area contributed by atoms with Crippen LogP contribution in [0, 0.1) is 5.92 Å². The van der Waals surface area contributed by atoms with Crippen molar-refractivity contribution >= 4 is 29.7 Å². The smallest absolute Gasteiger partial charge is 0.102 e. The Morgan fingerprint density at radius 1 is 1.28 bits per heavy atom. The minimum atomic E-state index is -2.48. The van der Waals surface area contributed by atoms with Crippen molar-refractivity contribution in [3.8, 4) is 0 Å². The van der Waals surface area contributed by atoms with Crippen molar-refractivity contribution in [3.05, 3.63) is 0 Å². The van der Waals surface area contributed by atoms with Crippen LogP contribution in [0.2, 0.25) is 0 Å². The average molecular weight is 311 g/mol. The van der Waals surface area contributed by atoms with Crippen LogP contribution in [-0.2, 0) is 33.1 Å². The molecular weight excluding hydrogens is 285 g/mol. The molecule has 0 aromatic carbocycles. The zero-order valence-electron chi connectivity index (χ0n) is 11.9. The second-order valence-electron chi connectivity index (χ2n) is 6.20. The molecule has 18 heavy (non-hydrogen) atoms. The zero-order chi connectivity index (χ0) is 13.8. The average Bonchev–Trinajstić information content (AvgIpc) is 2.18. The van der Waals surface area contributed by atoms with Crippen molar-refractivity contribution < 1.29 is 13.5 Å². The van der Waals surface area contributed by atoms with E-state index >= 15 is 0 Å². The summed E-state index contributed by atoms with van der Waals surface area (Å²) in [5.74, 6) is 0.561. The van der Waals surface area contributed by atoms with Crippen LogP contribution in [0.1, 0.15) is 32.6 Å². The van der Waals surface area contributed by atoms with Gasteiger partial charge < -0.3 is 25.8 Å². The van der Waals surface area contributed by atoms with Crippen LogP contribution in [0.15, 0.2) is 0 Å². The van der Waals surface area contributed by atoms with Gasteiger partial charge in [0.05, 0.1) is 32.9 Å². The third-order valence-corrected chi connectivity index (χ3v) is 5.49. The molecule has 1 aliphatic rings. The summed E-state index contributed by atoms with van der Waals surface area (Å²) in [6, 6.07) is 0. The Morgan fingerprint density at radius 2 is 1.89 bits per heavy atom. The SMILES string of the molecule is CC1CCCCC1OP(=S)([S-])OCC[N+](C)(C)C. The second kappa shape index (κ2) is 7.05. The van der Waals surface area contributed by atoms with Gasteiger partial charge in [-0.05, 0) is 18.8 Å². The number of likely N-dealkylation sites (N-methyl/N-ethyl adjacent to an activating group) is 1. The van der Waals surface area contributed by atoms with Crippen LogP contribution < -0.4 is 0 Å². The maximum atomic E-state index is 5.92. The van der Waals surface area contributed by atoms with Gasteiger partial charge in [0.1, 0.15) is 13.2 Å². The van der Waals surface area contributed by atoms with Crippen LogP contribution in [0.4, 0.5) is 0 Å². The third kappa shape index (κ3) is 6.88. The van der Waals surface area contributed by atoms with E-state index in [1.165, 1.54) is 19.3 Å². The minimum absolute atomic E-state index is 0.214. The van der Waals surface area contributed by atoms with Crippen LogP contribution in [-0.4, -0.2) is 44.9 Å². The summed E-state index contributed by atoms with van der Waals surface area (Å²) in [7, 11) is 6.38. The van der Waals surface area contributed by atoms with E-state index in [0.717, 1.165) is 17.4 Å². The largest absolute Gasteiger partial charge is 0.691 e. The van der Waals surface area contributed by atoms with Gasteiger partial charge in [-0.1, -0.05) is 31.6 Å². The standard InChI is InChI=1S/C12H26NO2PS2/c1-11-7-5-6-8-12(11)15-16(17,18)14-10-9-13(2,3)4/h11-12H,5-10H2,1-4H3. The molecule has 1 saturated carbocycles. The van der Waals surface area contributed by atoms with Gasteiger partial charge in [-0.3, -0.25) is 0 Å². The van der Waals surface area contributed by atoms with E-state index in [1.807, 2.05) is 0 Å². The van der Waals surface area contributed by atoms with Gasteiger partial charge >= 0.3 is 0 Å². The van der Waals surface area contributed by atoms with Gasteiger partial charge in [0.15, 0.2) is 0 Å². The molecule has 0 spiro atoms. The molecule has 3 nitrogen and oxygen atoms in total. The van der Waals surface area contributed by atoms with Crippen LogP contribution in [0.5, 0.6) is 0 Å². The van der Waals surface area contributed by atoms with Crippen LogP contribution in [0.25, 0.3) is 0 Å². The normalized spacial score (nSPS) is 28.9. The molecule has 3 unspecified atom stereocenters. The summed E-state index contributed by atoms with van der Waals surface area (Å²) in [6.07, 6.45) is 5.02. The molecule has 0 radical (unpaired) electrons. The molecule has 0 N–H and O–H groups in total. The summed E-state index contributed by atoms with van der Waals surface area (Å²) < 4.78 is 12.4. The van der Waals surface area contributed by atoms with Crippen molar-refractivity contribution in [3.63, 3.8) is 0 Å². The third-order valence-electron chi connectivity index (χ3n) is 3.31. The molecule has 0 bridgehead atoms. The molecule has 6 heteroatoms. The Hall–Kier alpha value is 0.880. The molecule has 3 atom stereocenters. The molecule has 0 heterocycles. The summed E-state index contributed by atoms with van der Waals surface area (Å²) >= 11 is 10.7. The number of rotatable bonds is 6. The molecule has 0 aliphatic heterocycles. The molecule has 1 rings (SSSR count). The molecule has 0 aromatic rings. The lowest BCUT2D eigenvalue weighted by molar-refractivity contribution is -0.870. The van der Waals surface area contributed by atoms with Crippen molar-refractivity contribution in [1.29, 1.82) is 0 Å². The quantitative estimate of drug-likeness (QED) is 0.426. The van der Waals surface area contributed by atoms with Crippen LogP contribution >= 0.6 is 5.69 Å². The maximum Gasteiger partial charge on any atom is 0.102 e. The second-order valence-corrected chi connectivity index (χ2v) is 11.1. The van der Waals surface area contributed by atoms with E-state index in [-0.39, 0.29) is 6.10 Å². The fourth-order valence-electron chi connectivity index (χ4n) is 2.06. The number of quaternary nitrogens is 1. The molecule has 0 amide bonds. The lowest BCUT2D eigenvalue weighted by Gasteiger charge is -2.38. The van der Waals surface area contributed by atoms with E-state index in [2.05, 4.69) is 28.1 Å². The summed E-state index contributed by atoms with van der Waals surface area (Å²) in [4.78, 5) is 0. The minimum Gasteiger partial charge on any atom is -0.691 e. The zero-order valence-corrected chi connectivity index (χ0v) is 14.5. The Kier molecular flexibility index (Phi) is 6.63. The van der Waals surface area contributed by atoms with Gasteiger partial charge in [0.2, 0.25) is 0 Å². The molecule has 1 fully saturated rings. The van der Waals surface area contributed by atoms with Crippen molar-refractivity contribution in [1.82, 2.24) is 0 Å². The van der Waals surface area contributed by atoms with Crippen molar-refractivity contribution in [2.45, 2.75) is 38.7 Å². The first-order chi connectivity index (χ1) is 8.20. The lowest BCUT2D eigenvalue weighted by atomic mass is 9.88. The summed E-state index contributed by atoms with van der Waals surface area (Å²) in [5, 5.41) is 0. The van der Waals surface area contributed by atoms with Crippen LogP contribution in [0.3, 0.4) is 0 Å². The van der Waals surface area contributed by atoms with Crippen molar-refractivity contribution in [2.75, 3.05) is 34.3 Å². The fraction of sp³-hybridized carbons (Fsp3) is 1.00. The van der Waals surface area contributed by atoms with Gasteiger partial charge in [0.25, 0.3) is 0 Å². The Morgan fingerprint density at radius 3 is 2.44 bits per heavy atom. The van der Waals surface area contributed by atoms with Gasteiger partial charge in [-0.15, -0.1) is 0 Å². The fourth-order valence-corrected chi connectivity index (χ4v) is 4.18. The number of hydrogen-bond acceptors (Lipinski definition) is 4. The number of hydrogen-bond donors (Lipinski definition) is 0. The van der Waals surface area contributed by atoms with Gasteiger partial charge in [-0.2, -0.15) is 0 Å². The highest BCUT2D eigenvalue weighted by atomic mass is 32.9. The summed E-state index contributed by atoms with van der Waals surface area (Å²) in [5.41, 5.74) is -2.48. The summed E-state index contributed by atoms with van der Waals surface area (Å²) in [6.45, 7) is 3.71. The maximum absolute atomic E-state index is 5.92. The first kappa shape index (κ1) is 16.9. The Bertz CT molecular complexity index is 307. The van der Waals surface area contributed by atoms with Gasteiger partial charge in [0, 0.05) is 0 Å². The van der Waals surface area contributed by atoms with E-state index < -0.39 is 5.69 Å². The monoisotopic (exact) mass is 311 g/mol. The molecule has 108 valence electrons. The molecule has 0 saturated heterocycles. The molecule has 1 aliphatic carbocycles. The Balaban J connectivity index is 2.36. The lowest BCUT2D eigenvalue weighted by Crippen LogP contribution is -2.37. The first-order valence-corrected chi connectivity index (χ1v) is 10.3. The van der Waals surface area contributed by atoms with E-state index in [9.17, 15) is 0 Å². The molecule has 0 aromatic heterocycles. The topological polar surface area (TPSA) is 18.5 Å². The van der Waals surface area contributed by atoms with E-state index in [1.54, 1.807) is 0 Å². The highest BCUT2D eigenvalue weighted by Gasteiger charge is 2.24. The van der Waals surface area contributed by atoms with E-state index in [4.69, 9.17) is 33.1 Å². The predicted octanol–water partition coefficient (Wildman–Crippen LogP) is 3.08. The predicted molar refractivity (Wildman–Crippen MR) is 83.0 cm³/mol. The Labute approximate surface area is 122 Å². The number of nitrogens with zero attached hydrogens (tertiary/aromatic N) is 1. The molecular formula is C12H26NO2PS2. The highest BCUT2D eigenvalue weighted by Crippen LogP contribution is 2.49. The van der Waals surface area contributed by atoms with Crippen molar-refractivity contribution in [2.24, 2.45) is 5.92 Å². The highest BCUT2D eigenvalue weighted by molar-refractivity contribution is 8.51. The first-order valence-electron chi connectivity index (χ1n) is 6.64.